The number of rotatable bonds is 4. The van der Waals surface area contributed by atoms with Gasteiger partial charge in [-0.1, -0.05) is 36.0 Å². The Balaban J connectivity index is 1.58. The molecular weight excluding hydrogens is 334 g/mol. The Kier molecular flexibility index (Phi) is 3.89. The molecule has 6 heteroatoms. The van der Waals surface area contributed by atoms with Gasteiger partial charge >= 0.3 is 5.69 Å². The van der Waals surface area contributed by atoms with Gasteiger partial charge in [-0.25, -0.2) is 9.78 Å². The Labute approximate surface area is 147 Å². The molecule has 2 heterocycles. The minimum Gasteiger partial charge on any atom is -0.306 e. The van der Waals surface area contributed by atoms with Crippen LogP contribution in [0.1, 0.15) is 17.3 Å². The van der Waals surface area contributed by atoms with E-state index in [-0.39, 0.29) is 16.7 Å². The van der Waals surface area contributed by atoms with Crippen molar-refractivity contribution < 1.29 is 4.79 Å². The number of pyridine rings is 1. The molecule has 2 N–H and O–H groups in total. The average Bonchev–Trinajstić information content (AvgIpc) is 3.00. The van der Waals surface area contributed by atoms with Crippen LogP contribution < -0.4 is 5.69 Å². The van der Waals surface area contributed by atoms with Crippen LogP contribution >= 0.6 is 11.8 Å². The van der Waals surface area contributed by atoms with E-state index in [9.17, 15) is 9.59 Å². The first-order chi connectivity index (χ1) is 12.1. The van der Waals surface area contributed by atoms with Gasteiger partial charge in [0.15, 0.2) is 5.78 Å². The molecule has 2 aromatic heterocycles. The average molecular weight is 349 g/mol. The summed E-state index contributed by atoms with van der Waals surface area (Å²) in [6, 6.07) is 17.0. The molecule has 0 aliphatic carbocycles. The third-order valence-corrected chi connectivity index (χ3v) is 5.08. The second-order valence-corrected chi connectivity index (χ2v) is 7.17. The van der Waals surface area contributed by atoms with Gasteiger partial charge in [0.25, 0.3) is 0 Å². The first-order valence-electron chi connectivity index (χ1n) is 7.89. The predicted octanol–water partition coefficient (Wildman–Crippen LogP) is 3.77. The fourth-order valence-corrected chi connectivity index (χ4v) is 3.67. The predicted molar refractivity (Wildman–Crippen MR) is 100 cm³/mol. The van der Waals surface area contributed by atoms with Gasteiger partial charge in [0.1, 0.15) is 0 Å². The highest BCUT2D eigenvalue weighted by Crippen LogP contribution is 2.26. The van der Waals surface area contributed by atoms with Crippen LogP contribution in [0.4, 0.5) is 0 Å². The molecule has 0 fully saturated rings. The summed E-state index contributed by atoms with van der Waals surface area (Å²) in [6.07, 6.45) is 0. The van der Waals surface area contributed by atoms with E-state index in [0.29, 0.717) is 16.6 Å². The van der Waals surface area contributed by atoms with Crippen molar-refractivity contribution in [2.24, 2.45) is 0 Å². The van der Waals surface area contributed by atoms with Crippen molar-refractivity contribution in [2.45, 2.75) is 17.2 Å². The number of nitrogens with one attached hydrogen (secondary N) is 2. The molecule has 1 atom stereocenters. The summed E-state index contributed by atoms with van der Waals surface area (Å²) >= 11 is 1.43. The standard InChI is InChI=1S/C19H15N3O2S/c1-11(25-17-9-7-12-4-2-3-5-14(12)20-17)18(23)13-6-8-15-16(10-13)22-19(24)21-15/h2-11H,1H3,(H2,21,22,24). The molecule has 2 aromatic carbocycles. The van der Waals surface area contributed by atoms with Crippen molar-refractivity contribution in [3.8, 4) is 0 Å². The summed E-state index contributed by atoms with van der Waals surface area (Å²) in [4.78, 5) is 34.0. The normalized spacial score (nSPS) is 12.5. The molecule has 0 radical (unpaired) electrons. The van der Waals surface area contributed by atoms with Crippen molar-refractivity contribution in [3.05, 3.63) is 70.6 Å². The second-order valence-electron chi connectivity index (χ2n) is 5.81. The lowest BCUT2D eigenvalue weighted by Crippen LogP contribution is -2.13. The van der Waals surface area contributed by atoms with Crippen molar-refractivity contribution >= 4 is 39.5 Å². The Bertz CT molecular complexity index is 1150. The second kappa shape index (κ2) is 6.22. The van der Waals surface area contributed by atoms with E-state index in [2.05, 4.69) is 15.0 Å². The molecule has 124 valence electrons. The number of nitrogens with zero attached hydrogens (tertiary/aromatic N) is 1. The summed E-state index contributed by atoms with van der Waals surface area (Å²) in [5, 5.41) is 1.61. The van der Waals surface area contributed by atoms with Crippen LogP contribution in [0, 0.1) is 0 Å². The molecule has 4 rings (SSSR count). The number of para-hydroxylation sites is 1. The van der Waals surface area contributed by atoms with Crippen molar-refractivity contribution in [2.75, 3.05) is 0 Å². The van der Waals surface area contributed by atoms with E-state index in [4.69, 9.17) is 0 Å². The zero-order chi connectivity index (χ0) is 17.4. The summed E-state index contributed by atoms with van der Waals surface area (Å²) in [5.74, 6) is 0.00362. The summed E-state index contributed by atoms with van der Waals surface area (Å²) in [6.45, 7) is 1.87. The zero-order valence-electron chi connectivity index (χ0n) is 13.4. The molecule has 25 heavy (non-hydrogen) atoms. The topological polar surface area (TPSA) is 78.6 Å². The molecule has 5 nitrogen and oxygen atoms in total. The van der Waals surface area contributed by atoms with Crippen molar-refractivity contribution in [1.29, 1.82) is 0 Å². The number of carbonyl (C=O) groups excluding carboxylic acids is 1. The van der Waals surface area contributed by atoms with Gasteiger partial charge in [0, 0.05) is 10.9 Å². The Hall–Kier alpha value is -2.86. The van der Waals surface area contributed by atoms with Crippen LogP contribution in [0.15, 0.2) is 64.4 Å². The maximum absolute atomic E-state index is 12.7. The van der Waals surface area contributed by atoms with Crippen LogP contribution in [0.25, 0.3) is 21.9 Å². The maximum Gasteiger partial charge on any atom is 0.323 e. The number of carbonyl (C=O) groups is 1. The molecular formula is C19H15N3O2S. The van der Waals surface area contributed by atoms with Gasteiger partial charge in [-0.3, -0.25) is 4.79 Å². The van der Waals surface area contributed by atoms with Crippen LogP contribution in [-0.4, -0.2) is 26.0 Å². The lowest BCUT2D eigenvalue weighted by Gasteiger charge is -2.10. The number of imidazole rings is 1. The molecule has 0 bridgehead atoms. The summed E-state index contributed by atoms with van der Waals surface area (Å²) in [5.41, 5.74) is 2.54. The monoisotopic (exact) mass is 349 g/mol. The van der Waals surface area contributed by atoms with Gasteiger partial charge in [-0.05, 0) is 37.3 Å². The van der Waals surface area contributed by atoms with Gasteiger partial charge in [0.05, 0.1) is 26.8 Å². The number of thioether (sulfide) groups is 1. The SMILES string of the molecule is CC(Sc1ccc2ccccc2n1)C(=O)c1ccc2[nH]c(=O)[nH]c2c1. The van der Waals surface area contributed by atoms with Gasteiger partial charge in [-0.15, -0.1) is 0 Å². The van der Waals surface area contributed by atoms with Crippen LogP contribution in [-0.2, 0) is 0 Å². The number of hydrogen-bond acceptors (Lipinski definition) is 4. The number of fused-ring (bicyclic) bond motifs is 2. The molecule has 0 aliphatic rings. The van der Waals surface area contributed by atoms with E-state index >= 15 is 0 Å². The summed E-state index contributed by atoms with van der Waals surface area (Å²) < 4.78 is 0. The first kappa shape index (κ1) is 15.7. The van der Waals surface area contributed by atoms with Gasteiger partial charge in [-0.2, -0.15) is 0 Å². The highest BCUT2D eigenvalue weighted by atomic mass is 32.2. The molecule has 0 spiro atoms. The van der Waals surface area contributed by atoms with E-state index in [1.54, 1.807) is 18.2 Å². The number of hydrogen-bond donors (Lipinski definition) is 2. The molecule has 0 amide bonds. The third kappa shape index (κ3) is 3.08. The van der Waals surface area contributed by atoms with Crippen LogP contribution in [0.5, 0.6) is 0 Å². The number of H-pyrrole nitrogens is 2. The minimum atomic E-state index is -0.281. The smallest absolute Gasteiger partial charge is 0.306 e. The van der Waals surface area contributed by atoms with Gasteiger partial charge < -0.3 is 9.97 Å². The fraction of sp³-hybridized carbons (Fsp3) is 0.105. The number of aromatic nitrogens is 3. The number of benzene rings is 2. The maximum atomic E-state index is 12.7. The van der Waals surface area contributed by atoms with Gasteiger partial charge in [0.2, 0.25) is 0 Å². The fourth-order valence-electron chi connectivity index (χ4n) is 2.77. The van der Waals surface area contributed by atoms with E-state index in [0.717, 1.165) is 15.9 Å². The lowest BCUT2D eigenvalue weighted by molar-refractivity contribution is 0.0994. The number of ketones is 1. The quantitative estimate of drug-likeness (QED) is 0.434. The van der Waals surface area contributed by atoms with Crippen LogP contribution in [0.3, 0.4) is 0 Å². The summed E-state index contributed by atoms with van der Waals surface area (Å²) in [7, 11) is 0. The van der Waals surface area contributed by atoms with Crippen molar-refractivity contribution in [3.63, 3.8) is 0 Å². The molecule has 0 saturated heterocycles. The lowest BCUT2D eigenvalue weighted by atomic mass is 10.1. The molecule has 0 saturated carbocycles. The molecule has 0 aliphatic heterocycles. The van der Waals surface area contributed by atoms with Crippen LogP contribution in [0.2, 0.25) is 0 Å². The zero-order valence-corrected chi connectivity index (χ0v) is 14.3. The minimum absolute atomic E-state index is 0.00362. The molecule has 4 aromatic rings. The highest BCUT2D eigenvalue weighted by Gasteiger charge is 2.18. The van der Waals surface area contributed by atoms with Crippen molar-refractivity contribution in [1.82, 2.24) is 15.0 Å². The Morgan fingerprint density at radius 2 is 1.84 bits per heavy atom. The molecule has 1 unspecified atom stereocenters. The van der Waals surface area contributed by atoms with E-state index in [1.807, 2.05) is 43.3 Å². The Morgan fingerprint density at radius 3 is 2.72 bits per heavy atom. The number of aromatic amines is 2. The number of Topliss-reactive ketones (excluding diaryl/α,β-unsaturated/α-hetero) is 1. The Morgan fingerprint density at radius 1 is 1.04 bits per heavy atom. The van der Waals surface area contributed by atoms with E-state index < -0.39 is 0 Å². The first-order valence-corrected chi connectivity index (χ1v) is 8.77. The highest BCUT2D eigenvalue weighted by molar-refractivity contribution is 8.00. The largest absolute Gasteiger partial charge is 0.323 e. The van der Waals surface area contributed by atoms with E-state index in [1.165, 1.54) is 11.8 Å². The third-order valence-electron chi connectivity index (χ3n) is 4.04.